The first kappa shape index (κ1) is 14.3. The van der Waals surface area contributed by atoms with Crippen LogP contribution in [-0.2, 0) is 4.79 Å². The predicted octanol–water partition coefficient (Wildman–Crippen LogP) is 1.93. The molecule has 0 aliphatic heterocycles. The molecule has 0 aromatic heterocycles. The summed E-state index contributed by atoms with van der Waals surface area (Å²) in [5.41, 5.74) is 0.554. The van der Waals surface area contributed by atoms with E-state index in [0.29, 0.717) is 23.7 Å². The molecular weight excluding hydrogens is 256 g/mol. The maximum Gasteiger partial charge on any atom is 0.337 e. The first-order valence-corrected chi connectivity index (χ1v) is 5.76. The number of anilines is 1. The van der Waals surface area contributed by atoms with Crippen molar-refractivity contribution in [1.29, 1.82) is 0 Å². The molecule has 0 atom stereocenters. The molecule has 18 heavy (non-hydrogen) atoms. The third kappa shape index (κ3) is 3.92. The van der Waals surface area contributed by atoms with E-state index in [1.807, 2.05) is 0 Å². The number of carboxylic acid groups (broad SMARTS) is 1. The fourth-order valence-corrected chi connectivity index (χ4v) is 1.55. The smallest absolute Gasteiger partial charge is 0.337 e. The van der Waals surface area contributed by atoms with Crippen molar-refractivity contribution < 1.29 is 14.7 Å². The number of aromatic carboxylic acids is 1. The lowest BCUT2D eigenvalue weighted by atomic mass is 10.1. The van der Waals surface area contributed by atoms with Gasteiger partial charge < -0.3 is 15.3 Å². The van der Waals surface area contributed by atoms with Crippen LogP contribution in [0.15, 0.2) is 18.2 Å². The van der Waals surface area contributed by atoms with Gasteiger partial charge >= 0.3 is 5.97 Å². The van der Waals surface area contributed by atoms with Crippen LogP contribution in [-0.4, -0.2) is 42.5 Å². The number of carbonyl (C=O) groups is 2. The SMILES string of the molecule is CN(C)C(=O)CCNc1ccc(Cl)cc1C(=O)O. The zero-order valence-corrected chi connectivity index (χ0v) is 11.0. The van der Waals surface area contributed by atoms with Gasteiger partial charge in [-0.3, -0.25) is 4.79 Å². The monoisotopic (exact) mass is 270 g/mol. The van der Waals surface area contributed by atoms with Crippen molar-refractivity contribution in [2.45, 2.75) is 6.42 Å². The molecule has 0 saturated heterocycles. The molecule has 0 heterocycles. The Morgan fingerprint density at radius 1 is 1.39 bits per heavy atom. The molecular formula is C12H15ClN2O3. The second kappa shape index (κ2) is 6.26. The van der Waals surface area contributed by atoms with Crippen LogP contribution >= 0.6 is 11.6 Å². The minimum Gasteiger partial charge on any atom is -0.478 e. The standard InChI is InChI=1S/C12H15ClN2O3/c1-15(2)11(16)5-6-14-10-4-3-8(13)7-9(10)12(17)18/h3-4,7,14H,5-6H2,1-2H3,(H,17,18). The van der Waals surface area contributed by atoms with E-state index in [9.17, 15) is 9.59 Å². The number of benzene rings is 1. The largest absolute Gasteiger partial charge is 0.478 e. The molecule has 6 heteroatoms. The van der Waals surface area contributed by atoms with Crippen LogP contribution < -0.4 is 5.32 Å². The summed E-state index contributed by atoms with van der Waals surface area (Å²) in [6.45, 7) is 0.374. The fourth-order valence-electron chi connectivity index (χ4n) is 1.38. The Morgan fingerprint density at radius 3 is 2.61 bits per heavy atom. The zero-order valence-electron chi connectivity index (χ0n) is 10.2. The van der Waals surface area contributed by atoms with Crippen molar-refractivity contribution >= 4 is 29.2 Å². The van der Waals surface area contributed by atoms with Gasteiger partial charge in [0.2, 0.25) is 5.91 Å². The van der Waals surface area contributed by atoms with Gasteiger partial charge in [-0.15, -0.1) is 0 Å². The van der Waals surface area contributed by atoms with Crippen molar-refractivity contribution in [3.8, 4) is 0 Å². The number of carboxylic acids is 1. The molecule has 1 aromatic carbocycles. The van der Waals surface area contributed by atoms with Crippen molar-refractivity contribution in [3.63, 3.8) is 0 Å². The third-order valence-corrected chi connectivity index (χ3v) is 2.60. The molecule has 0 aliphatic carbocycles. The Kier molecular flexibility index (Phi) is 4.97. The normalized spacial score (nSPS) is 9.94. The van der Waals surface area contributed by atoms with Crippen LogP contribution in [0.25, 0.3) is 0 Å². The van der Waals surface area contributed by atoms with E-state index in [-0.39, 0.29) is 11.5 Å². The Bertz CT molecular complexity index is 461. The highest BCUT2D eigenvalue weighted by Crippen LogP contribution is 2.20. The Labute approximate surface area is 110 Å². The minimum atomic E-state index is -1.06. The van der Waals surface area contributed by atoms with Gasteiger partial charge in [0.1, 0.15) is 0 Å². The van der Waals surface area contributed by atoms with Gasteiger partial charge in [0.05, 0.1) is 5.56 Å². The van der Waals surface area contributed by atoms with Crippen LogP contribution in [0.3, 0.4) is 0 Å². The van der Waals surface area contributed by atoms with Crippen LogP contribution in [0.4, 0.5) is 5.69 Å². The lowest BCUT2D eigenvalue weighted by Crippen LogP contribution is -2.24. The number of halogens is 1. The maximum atomic E-state index is 11.4. The lowest BCUT2D eigenvalue weighted by Gasteiger charge is -2.12. The Balaban J connectivity index is 2.68. The molecule has 98 valence electrons. The molecule has 0 spiro atoms. The molecule has 0 radical (unpaired) electrons. The maximum absolute atomic E-state index is 11.4. The number of nitrogens with zero attached hydrogens (tertiary/aromatic N) is 1. The first-order chi connectivity index (χ1) is 8.41. The zero-order chi connectivity index (χ0) is 13.7. The summed E-state index contributed by atoms with van der Waals surface area (Å²) in [4.78, 5) is 23.8. The topological polar surface area (TPSA) is 69.6 Å². The van der Waals surface area contributed by atoms with Crippen molar-refractivity contribution in [1.82, 2.24) is 4.90 Å². The van der Waals surface area contributed by atoms with Crippen LogP contribution in [0.2, 0.25) is 5.02 Å². The van der Waals surface area contributed by atoms with Gasteiger partial charge in [0.25, 0.3) is 0 Å². The number of amides is 1. The van der Waals surface area contributed by atoms with E-state index < -0.39 is 5.97 Å². The third-order valence-electron chi connectivity index (χ3n) is 2.37. The summed E-state index contributed by atoms with van der Waals surface area (Å²) >= 11 is 5.74. The summed E-state index contributed by atoms with van der Waals surface area (Å²) in [6.07, 6.45) is 0.300. The van der Waals surface area contributed by atoms with E-state index >= 15 is 0 Å². The second-order valence-electron chi connectivity index (χ2n) is 3.96. The number of rotatable bonds is 5. The van der Waals surface area contributed by atoms with E-state index in [0.717, 1.165) is 0 Å². The van der Waals surface area contributed by atoms with Gasteiger partial charge in [-0.1, -0.05) is 11.6 Å². The quantitative estimate of drug-likeness (QED) is 0.858. The van der Waals surface area contributed by atoms with Crippen molar-refractivity contribution in [3.05, 3.63) is 28.8 Å². The summed E-state index contributed by atoms with van der Waals surface area (Å²) in [6, 6.07) is 4.57. The first-order valence-electron chi connectivity index (χ1n) is 5.38. The molecule has 2 N–H and O–H groups in total. The number of hydrogen-bond acceptors (Lipinski definition) is 3. The Morgan fingerprint density at radius 2 is 2.06 bits per heavy atom. The van der Waals surface area contributed by atoms with Gasteiger partial charge in [0, 0.05) is 37.8 Å². The molecule has 0 fully saturated rings. The molecule has 0 saturated carbocycles. The van der Waals surface area contributed by atoms with E-state index in [2.05, 4.69) is 5.32 Å². The Hall–Kier alpha value is -1.75. The summed E-state index contributed by atoms with van der Waals surface area (Å²) in [5.74, 6) is -1.08. The molecule has 5 nitrogen and oxygen atoms in total. The highest BCUT2D eigenvalue weighted by Gasteiger charge is 2.11. The second-order valence-corrected chi connectivity index (χ2v) is 4.40. The summed E-state index contributed by atoms with van der Waals surface area (Å²) < 4.78 is 0. The van der Waals surface area contributed by atoms with Gasteiger partial charge in [-0.2, -0.15) is 0 Å². The lowest BCUT2D eigenvalue weighted by molar-refractivity contribution is -0.128. The summed E-state index contributed by atoms with van der Waals surface area (Å²) in [7, 11) is 3.35. The van der Waals surface area contributed by atoms with Crippen molar-refractivity contribution in [2.24, 2.45) is 0 Å². The number of hydrogen-bond donors (Lipinski definition) is 2. The van der Waals surface area contributed by atoms with Crippen LogP contribution in [0, 0.1) is 0 Å². The van der Waals surface area contributed by atoms with Gasteiger partial charge in [-0.05, 0) is 18.2 Å². The van der Waals surface area contributed by atoms with E-state index in [4.69, 9.17) is 16.7 Å². The van der Waals surface area contributed by atoms with E-state index in [1.54, 1.807) is 26.2 Å². The van der Waals surface area contributed by atoms with E-state index in [1.165, 1.54) is 11.0 Å². The van der Waals surface area contributed by atoms with Gasteiger partial charge in [-0.25, -0.2) is 4.79 Å². The molecule has 0 unspecified atom stereocenters. The van der Waals surface area contributed by atoms with Crippen LogP contribution in [0.5, 0.6) is 0 Å². The highest BCUT2D eigenvalue weighted by atomic mass is 35.5. The highest BCUT2D eigenvalue weighted by molar-refractivity contribution is 6.31. The molecule has 1 aromatic rings. The average molecular weight is 271 g/mol. The van der Waals surface area contributed by atoms with Crippen molar-refractivity contribution in [2.75, 3.05) is 26.0 Å². The number of carbonyl (C=O) groups excluding carboxylic acids is 1. The fraction of sp³-hybridized carbons (Fsp3) is 0.333. The molecule has 1 rings (SSSR count). The molecule has 1 amide bonds. The average Bonchev–Trinajstić information content (AvgIpc) is 2.30. The number of nitrogens with one attached hydrogen (secondary N) is 1. The van der Waals surface area contributed by atoms with Gasteiger partial charge in [0.15, 0.2) is 0 Å². The minimum absolute atomic E-state index is 0.0201. The summed E-state index contributed by atoms with van der Waals surface area (Å²) in [5, 5.41) is 12.3. The predicted molar refractivity (Wildman–Crippen MR) is 70.2 cm³/mol. The van der Waals surface area contributed by atoms with Crippen LogP contribution in [0.1, 0.15) is 16.8 Å². The molecule has 0 bridgehead atoms. The molecule has 0 aliphatic rings.